The zero-order valence-corrected chi connectivity index (χ0v) is 12.2. The molecule has 2 amide bonds. The number of carbonyl (C=O) groups is 1. The average molecular weight is 303 g/mol. The van der Waals surface area contributed by atoms with Crippen molar-refractivity contribution in [2.24, 2.45) is 0 Å². The van der Waals surface area contributed by atoms with Gasteiger partial charge in [0.2, 0.25) is 6.79 Å². The molecule has 0 bridgehead atoms. The van der Waals surface area contributed by atoms with Crippen LogP contribution in [-0.4, -0.2) is 27.6 Å². The van der Waals surface area contributed by atoms with E-state index in [0.29, 0.717) is 24.6 Å². The van der Waals surface area contributed by atoms with Gasteiger partial charge in [-0.15, -0.1) is 10.2 Å². The zero-order valence-electron chi connectivity index (χ0n) is 12.2. The van der Waals surface area contributed by atoms with Crippen molar-refractivity contribution >= 4 is 6.03 Å². The molecule has 0 unspecified atom stereocenters. The van der Waals surface area contributed by atoms with E-state index in [2.05, 4.69) is 20.8 Å². The number of benzene rings is 1. The second-order valence-corrected chi connectivity index (χ2v) is 4.72. The van der Waals surface area contributed by atoms with E-state index in [0.717, 1.165) is 17.9 Å². The SMILES string of the molecule is CCn1cnnc1CNC(=O)NCc1cccc2c1OCO2. The first kappa shape index (κ1) is 14.2. The third kappa shape index (κ3) is 2.95. The van der Waals surface area contributed by atoms with Crippen LogP contribution >= 0.6 is 0 Å². The first-order chi connectivity index (χ1) is 10.8. The minimum atomic E-state index is -0.276. The first-order valence-corrected chi connectivity index (χ1v) is 7.03. The van der Waals surface area contributed by atoms with Crippen molar-refractivity contribution < 1.29 is 14.3 Å². The Morgan fingerprint density at radius 3 is 3.05 bits per heavy atom. The van der Waals surface area contributed by atoms with Crippen LogP contribution in [0.2, 0.25) is 0 Å². The van der Waals surface area contributed by atoms with Gasteiger partial charge in [-0.1, -0.05) is 12.1 Å². The van der Waals surface area contributed by atoms with Crippen LogP contribution in [0.3, 0.4) is 0 Å². The predicted octanol–water partition coefficient (Wildman–Crippen LogP) is 1.03. The molecule has 1 aromatic heterocycles. The van der Waals surface area contributed by atoms with Crippen molar-refractivity contribution in [1.82, 2.24) is 25.4 Å². The number of hydrogen-bond donors (Lipinski definition) is 2. The molecule has 0 atom stereocenters. The van der Waals surface area contributed by atoms with Crippen LogP contribution in [0.15, 0.2) is 24.5 Å². The quantitative estimate of drug-likeness (QED) is 0.861. The second kappa shape index (κ2) is 6.33. The molecule has 3 rings (SSSR count). The van der Waals surface area contributed by atoms with Crippen LogP contribution < -0.4 is 20.1 Å². The molecule has 2 aromatic rings. The molecule has 1 aliphatic rings. The molecule has 2 N–H and O–H groups in total. The summed E-state index contributed by atoms with van der Waals surface area (Å²) in [5, 5.41) is 13.3. The Balaban J connectivity index is 1.52. The normalized spacial score (nSPS) is 12.2. The number of amides is 2. The minimum absolute atomic E-state index is 0.214. The summed E-state index contributed by atoms with van der Waals surface area (Å²) in [5.74, 6) is 2.11. The molecule has 2 heterocycles. The molecule has 0 saturated carbocycles. The van der Waals surface area contributed by atoms with Gasteiger partial charge in [0.15, 0.2) is 17.3 Å². The van der Waals surface area contributed by atoms with Crippen molar-refractivity contribution in [3.63, 3.8) is 0 Å². The van der Waals surface area contributed by atoms with E-state index < -0.39 is 0 Å². The lowest BCUT2D eigenvalue weighted by Crippen LogP contribution is -2.35. The molecule has 0 aliphatic carbocycles. The van der Waals surface area contributed by atoms with Crippen molar-refractivity contribution in [1.29, 1.82) is 0 Å². The van der Waals surface area contributed by atoms with Crippen LogP contribution in [-0.2, 0) is 19.6 Å². The van der Waals surface area contributed by atoms with Gasteiger partial charge in [-0.25, -0.2) is 4.79 Å². The van der Waals surface area contributed by atoms with Crippen molar-refractivity contribution in [3.8, 4) is 11.5 Å². The van der Waals surface area contributed by atoms with Gasteiger partial charge < -0.3 is 24.7 Å². The van der Waals surface area contributed by atoms with Crippen LogP contribution in [0.1, 0.15) is 18.3 Å². The smallest absolute Gasteiger partial charge is 0.315 e. The summed E-state index contributed by atoms with van der Waals surface area (Å²) in [4.78, 5) is 11.9. The number of hydrogen-bond acceptors (Lipinski definition) is 5. The summed E-state index contributed by atoms with van der Waals surface area (Å²) < 4.78 is 12.6. The molecule has 0 fully saturated rings. The standard InChI is InChI=1S/C14H17N5O3/c1-2-19-8-17-18-12(19)7-16-14(20)15-6-10-4-3-5-11-13(10)22-9-21-11/h3-5,8H,2,6-7,9H2,1H3,(H2,15,16,20). The predicted molar refractivity (Wildman–Crippen MR) is 77.3 cm³/mol. The lowest BCUT2D eigenvalue weighted by atomic mass is 10.2. The number of ether oxygens (including phenoxy) is 2. The fourth-order valence-corrected chi connectivity index (χ4v) is 2.21. The third-order valence-corrected chi connectivity index (χ3v) is 3.36. The van der Waals surface area contributed by atoms with Gasteiger partial charge in [0.1, 0.15) is 6.33 Å². The number of carbonyl (C=O) groups excluding carboxylic acids is 1. The Labute approximate surface area is 127 Å². The number of aromatic nitrogens is 3. The number of fused-ring (bicyclic) bond motifs is 1. The average Bonchev–Trinajstić information content (AvgIpc) is 3.19. The molecule has 8 heteroatoms. The maximum absolute atomic E-state index is 11.9. The number of nitrogens with zero attached hydrogens (tertiary/aromatic N) is 3. The van der Waals surface area contributed by atoms with Crippen LogP contribution in [0.5, 0.6) is 11.5 Å². The van der Waals surface area contributed by atoms with Gasteiger partial charge in [0.25, 0.3) is 0 Å². The molecule has 0 spiro atoms. The molecule has 0 radical (unpaired) electrons. The van der Waals surface area contributed by atoms with Crippen LogP contribution in [0.4, 0.5) is 4.79 Å². The Morgan fingerprint density at radius 2 is 2.18 bits per heavy atom. The minimum Gasteiger partial charge on any atom is -0.454 e. The summed E-state index contributed by atoms with van der Waals surface area (Å²) >= 11 is 0. The van der Waals surface area contributed by atoms with E-state index >= 15 is 0 Å². The van der Waals surface area contributed by atoms with Gasteiger partial charge >= 0.3 is 6.03 Å². The molecule has 0 saturated heterocycles. The van der Waals surface area contributed by atoms with Gasteiger partial charge in [0.05, 0.1) is 6.54 Å². The van der Waals surface area contributed by atoms with E-state index in [1.165, 1.54) is 0 Å². The van der Waals surface area contributed by atoms with Gasteiger partial charge in [-0.3, -0.25) is 0 Å². The fraction of sp³-hybridized carbons (Fsp3) is 0.357. The third-order valence-electron chi connectivity index (χ3n) is 3.36. The highest BCUT2D eigenvalue weighted by Crippen LogP contribution is 2.35. The highest BCUT2D eigenvalue weighted by atomic mass is 16.7. The molecule has 22 heavy (non-hydrogen) atoms. The number of nitrogens with one attached hydrogen (secondary N) is 2. The number of para-hydroxylation sites is 1. The number of rotatable bonds is 5. The fourth-order valence-electron chi connectivity index (χ4n) is 2.21. The molecule has 1 aromatic carbocycles. The molecule has 1 aliphatic heterocycles. The lowest BCUT2D eigenvalue weighted by Gasteiger charge is -2.09. The van der Waals surface area contributed by atoms with E-state index in [-0.39, 0.29) is 12.8 Å². The molecular weight excluding hydrogens is 286 g/mol. The summed E-state index contributed by atoms with van der Waals surface area (Å²) in [6, 6.07) is 5.32. The zero-order chi connectivity index (χ0) is 15.4. The lowest BCUT2D eigenvalue weighted by molar-refractivity contribution is 0.173. The topological polar surface area (TPSA) is 90.3 Å². The molecular formula is C14H17N5O3. The van der Waals surface area contributed by atoms with Crippen LogP contribution in [0.25, 0.3) is 0 Å². The van der Waals surface area contributed by atoms with E-state index in [1.807, 2.05) is 29.7 Å². The first-order valence-electron chi connectivity index (χ1n) is 7.03. The Kier molecular flexibility index (Phi) is 4.08. The highest BCUT2D eigenvalue weighted by Gasteiger charge is 2.17. The van der Waals surface area contributed by atoms with Crippen molar-refractivity contribution in [2.75, 3.05) is 6.79 Å². The Hall–Kier alpha value is -2.77. The largest absolute Gasteiger partial charge is 0.454 e. The number of aryl methyl sites for hydroxylation is 1. The van der Waals surface area contributed by atoms with Crippen molar-refractivity contribution in [2.45, 2.75) is 26.6 Å². The summed E-state index contributed by atoms with van der Waals surface area (Å²) in [7, 11) is 0. The van der Waals surface area contributed by atoms with Gasteiger partial charge in [0, 0.05) is 18.7 Å². The van der Waals surface area contributed by atoms with Gasteiger partial charge in [-0.2, -0.15) is 0 Å². The van der Waals surface area contributed by atoms with E-state index in [9.17, 15) is 4.79 Å². The maximum Gasteiger partial charge on any atom is 0.315 e. The summed E-state index contributed by atoms with van der Waals surface area (Å²) in [6.45, 7) is 3.65. The molecule has 8 nitrogen and oxygen atoms in total. The van der Waals surface area contributed by atoms with E-state index in [1.54, 1.807) is 6.33 Å². The highest BCUT2D eigenvalue weighted by molar-refractivity contribution is 5.73. The summed E-state index contributed by atoms with van der Waals surface area (Å²) in [5.41, 5.74) is 0.877. The van der Waals surface area contributed by atoms with Crippen LogP contribution in [0, 0.1) is 0 Å². The van der Waals surface area contributed by atoms with Gasteiger partial charge in [-0.05, 0) is 13.0 Å². The maximum atomic E-state index is 11.9. The van der Waals surface area contributed by atoms with E-state index in [4.69, 9.17) is 9.47 Å². The second-order valence-electron chi connectivity index (χ2n) is 4.72. The Morgan fingerprint density at radius 1 is 1.32 bits per heavy atom. The summed E-state index contributed by atoms with van der Waals surface area (Å²) in [6.07, 6.45) is 1.64. The van der Waals surface area contributed by atoms with Crippen molar-refractivity contribution in [3.05, 3.63) is 35.9 Å². The number of urea groups is 1. The Bertz CT molecular complexity index is 670. The molecule has 116 valence electrons. The monoisotopic (exact) mass is 303 g/mol.